The molecule has 0 aliphatic carbocycles. The highest BCUT2D eigenvalue weighted by molar-refractivity contribution is 5.79. The lowest BCUT2D eigenvalue weighted by Crippen LogP contribution is -2.50. The van der Waals surface area contributed by atoms with E-state index < -0.39 is 24.3 Å². The van der Waals surface area contributed by atoms with Gasteiger partial charge in [0.15, 0.2) is 0 Å². The Bertz CT molecular complexity index is 1640. The summed E-state index contributed by atoms with van der Waals surface area (Å²) in [5.74, 6) is 0.0992. The molecule has 2 heterocycles. The molecule has 0 spiro atoms. The second kappa shape index (κ2) is 12.1. The number of H-pyrrole nitrogens is 1. The summed E-state index contributed by atoms with van der Waals surface area (Å²) in [5, 5.41) is 41.8. The molecule has 5 aromatic rings. The van der Waals surface area contributed by atoms with Crippen LogP contribution in [0.15, 0.2) is 109 Å². The molecule has 0 unspecified atom stereocenters. The minimum atomic E-state index is -1.22. The number of aliphatic hydroxyl groups is 2. The molecule has 1 fully saturated rings. The molecule has 0 saturated carbocycles. The number of benzene rings is 4. The van der Waals surface area contributed by atoms with Gasteiger partial charge in [0.25, 0.3) is 0 Å². The largest absolute Gasteiger partial charge is 0.508 e. The number of urea groups is 1. The third-order valence-corrected chi connectivity index (χ3v) is 8.13. The molecule has 4 aromatic carbocycles. The summed E-state index contributed by atoms with van der Waals surface area (Å²) < 4.78 is 0. The summed E-state index contributed by atoms with van der Waals surface area (Å²) in [6, 6.07) is 30.4. The number of phenolic OH excluding ortho intramolecular Hbond substituents is 1. The van der Waals surface area contributed by atoms with Crippen LogP contribution in [0.1, 0.15) is 22.3 Å². The Balaban J connectivity index is 1.43. The fourth-order valence-electron chi connectivity index (χ4n) is 5.95. The molecule has 0 bridgehead atoms. The van der Waals surface area contributed by atoms with E-state index in [9.17, 15) is 20.1 Å². The van der Waals surface area contributed by atoms with E-state index in [1.54, 1.807) is 34.2 Å². The number of hydrogen-bond donors (Lipinski definition) is 4. The smallest absolute Gasteiger partial charge is 0.321 e. The molecule has 1 aliphatic rings. The first-order chi connectivity index (χ1) is 20.5. The van der Waals surface area contributed by atoms with Gasteiger partial charge in [-0.1, -0.05) is 78.9 Å². The minimum Gasteiger partial charge on any atom is -0.508 e. The highest BCUT2D eigenvalue weighted by Gasteiger charge is 2.46. The molecule has 6 rings (SSSR count). The number of hydrogen-bond acceptors (Lipinski definition) is 5. The number of fused-ring (bicyclic) bond motifs is 1. The first-order valence-electron chi connectivity index (χ1n) is 14.2. The standard InChI is InChI=1S/C34H34N4O4/c39-28-13-7-12-25(17-28)21-37-30(18-23-8-3-1-4-9-23)32(40)33(41)31(19-24-10-5-2-6-11-24)38(34(37)42)22-26-14-15-29-27(16-26)20-35-36-29/h1-17,20,30-33,39-41H,18-19,21-22H2,(H,35,36)/t30-,31-,32+,33+/m1/s1. The summed E-state index contributed by atoms with van der Waals surface area (Å²) >= 11 is 0. The number of carbonyl (C=O) groups excluding carboxylic acids is 1. The van der Waals surface area contributed by atoms with Gasteiger partial charge in [-0.3, -0.25) is 5.10 Å². The van der Waals surface area contributed by atoms with Crippen molar-refractivity contribution in [3.05, 3.63) is 132 Å². The molecule has 8 nitrogen and oxygen atoms in total. The topological polar surface area (TPSA) is 113 Å². The van der Waals surface area contributed by atoms with Crippen molar-refractivity contribution in [2.24, 2.45) is 0 Å². The van der Waals surface area contributed by atoms with Crippen molar-refractivity contribution in [2.45, 2.75) is 50.2 Å². The highest BCUT2D eigenvalue weighted by atomic mass is 16.3. The molecule has 1 aliphatic heterocycles. The van der Waals surface area contributed by atoms with Crippen molar-refractivity contribution in [3.63, 3.8) is 0 Å². The molecule has 4 atom stereocenters. The number of aromatic amines is 1. The van der Waals surface area contributed by atoms with E-state index in [0.717, 1.165) is 33.2 Å². The Morgan fingerprint density at radius 2 is 1.21 bits per heavy atom. The SMILES string of the molecule is O=C1N(Cc2cccc(O)c2)[C@H](Cc2ccccc2)[C@H](O)[C@@H](O)[C@@H](Cc2ccccc2)N1Cc1ccc2[nH]ncc2c1. The van der Waals surface area contributed by atoms with Crippen molar-refractivity contribution in [1.29, 1.82) is 0 Å². The van der Waals surface area contributed by atoms with Gasteiger partial charge in [0.1, 0.15) is 18.0 Å². The van der Waals surface area contributed by atoms with E-state index in [-0.39, 0.29) is 24.9 Å². The lowest BCUT2D eigenvalue weighted by Gasteiger charge is -2.36. The van der Waals surface area contributed by atoms with E-state index >= 15 is 0 Å². The second-order valence-electron chi connectivity index (χ2n) is 11.0. The monoisotopic (exact) mass is 562 g/mol. The summed E-state index contributed by atoms with van der Waals surface area (Å²) in [6.07, 6.45) is 0.0387. The molecule has 4 N–H and O–H groups in total. The van der Waals surface area contributed by atoms with Crippen molar-refractivity contribution in [1.82, 2.24) is 20.0 Å². The molecular formula is C34H34N4O4. The summed E-state index contributed by atoms with van der Waals surface area (Å²) in [5.41, 5.74) is 4.41. The number of amides is 2. The average molecular weight is 563 g/mol. The van der Waals surface area contributed by atoms with E-state index in [0.29, 0.717) is 12.8 Å². The van der Waals surface area contributed by atoms with Gasteiger partial charge in [0.2, 0.25) is 0 Å². The molecule has 214 valence electrons. The third kappa shape index (κ3) is 5.86. The van der Waals surface area contributed by atoms with E-state index in [1.165, 1.54) is 0 Å². The minimum absolute atomic E-state index is 0.0992. The molecule has 1 saturated heterocycles. The van der Waals surface area contributed by atoms with Crippen LogP contribution in [0.5, 0.6) is 5.75 Å². The van der Waals surface area contributed by atoms with Gasteiger partial charge in [0, 0.05) is 18.5 Å². The van der Waals surface area contributed by atoms with Crippen LogP contribution in [0.25, 0.3) is 10.9 Å². The van der Waals surface area contributed by atoms with Crippen molar-refractivity contribution < 1.29 is 20.1 Å². The summed E-state index contributed by atoms with van der Waals surface area (Å²) in [6.45, 7) is 0.389. The number of aliphatic hydroxyl groups excluding tert-OH is 2. The van der Waals surface area contributed by atoms with Crippen molar-refractivity contribution in [2.75, 3.05) is 0 Å². The van der Waals surface area contributed by atoms with Gasteiger partial charge >= 0.3 is 6.03 Å². The van der Waals surface area contributed by atoms with Gasteiger partial charge in [-0.05, 0) is 59.4 Å². The van der Waals surface area contributed by atoms with E-state index in [4.69, 9.17) is 0 Å². The van der Waals surface area contributed by atoms with Gasteiger partial charge in [-0.2, -0.15) is 5.10 Å². The fourth-order valence-corrected chi connectivity index (χ4v) is 5.95. The van der Waals surface area contributed by atoms with Crippen LogP contribution in [-0.4, -0.2) is 65.6 Å². The van der Waals surface area contributed by atoms with Crippen molar-refractivity contribution in [3.8, 4) is 5.75 Å². The van der Waals surface area contributed by atoms with Crippen LogP contribution in [0.3, 0.4) is 0 Å². The van der Waals surface area contributed by atoms with Gasteiger partial charge < -0.3 is 25.1 Å². The maximum Gasteiger partial charge on any atom is 0.321 e. The first kappa shape index (κ1) is 27.5. The zero-order valence-corrected chi connectivity index (χ0v) is 23.1. The lowest BCUT2D eigenvalue weighted by atomic mass is 9.91. The zero-order chi connectivity index (χ0) is 29.1. The number of aromatic hydroxyl groups is 1. The Morgan fingerprint density at radius 3 is 1.79 bits per heavy atom. The Labute approximate surface area is 244 Å². The molecule has 1 aromatic heterocycles. The third-order valence-electron chi connectivity index (χ3n) is 8.13. The van der Waals surface area contributed by atoms with Crippen LogP contribution in [-0.2, 0) is 25.9 Å². The second-order valence-corrected chi connectivity index (χ2v) is 11.0. The number of rotatable bonds is 8. The van der Waals surface area contributed by atoms with Crippen molar-refractivity contribution >= 4 is 16.9 Å². The maximum absolute atomic E-state index is 14.7. The normalized spacial score (nSPS) is 21.0. The van der Waals surface area contributed by atoms with Gasteiger partial charge in [-0.25, -0.2) is 4.79 Å². The quantitative estimate of drug-likeness (QED) is 0.220. The first-order valence-corrected chi connectivity index (χ1v) is 14.2. The molecular weight excluding hydrogens is 528 g/mol. The number of nitrogens with one attached hydrogen (secondary N) is 1. The Kier molecular flexibility index (Phi) is 7.90. The van der Waals surface area contributed by atoms with E-state index in [2.05, 4.69) is 10.2 Å². The number of phenols is 1. The van der Waals surface area contributed by atoms with Gasteiger partial charge in [-0.15, -0.1) is 0 Å². The summed E-state index contributed by atoms with van der Waals surface area (Å²) in [4.78, 5) is 18.0. The van der Waals surface area contributed by atoms with Crippen LogP contribution in [0.4, 0.5) is 4.79 Å². The fraction of sp³-hybridized carbons (Fsp3) is 0.235. The number of carbonyl (C=O) groups is 1. The zero-order valence-electron chi connectivity index (χ0n) is 23.1. The predicted molar refractivity (Wildman–Crippen MR) is 161 cm³/mol. The van der Waals surface area contributed by atoms with Crippen LogP contribution in [0, 0.1) is 0 Å². The number of aromatic nitrogens is 2. The average Bonchev–Trinajstić information content (AvgIpc) is 3.47. The Morgan fingerprint density at radius 1 is 0.667 bits per heavy atom. The molecule has 0 radical (unpaired) electrons. The maximum atomic E-state index is 14.7. The summed E-state index contributed by atoms with van der Waals surface area (Å²) in [7, 11) is 0. The van der Waals surface area contributed by atoms with E-state index in [1.807, 2.05) is 84.9 Å². The number of nitrogens with zero attached hydrogens (tertiary/aromatic N) is 3. The van der Waals surface area contributed by atoms with Gasteiger partial charge in [0.05, 0.1) is 23.8 Å². The molecule has 8 heteroatoms. The van der Waals surface area contributed by atoms with Crippen LogP contribution < -0.4 is 0 Å². The molecule has 42 heavy (non-hydrogen) atoms. The van der Waals surface area contributed by atoms with Crippen LogP contribution in [0.2, 0.25) is 0 Å². The van der Waals surface area contributed by atoms with Crippen LogP contribution >= 0.6 is 0 Å². The Hall–Kier alpha value is -4.66. The molecule has 2 amide bonds. The highest BCUT2D eigenvalue weighted by Crippen LogP contribution is 2.30. The predicted octanol–water partition coefficient (Wildman–Crippen LogP) is 4.65. The lowest BCUT2D eigenvalue weighted by molar-refractivity contribution is -0.0408.